The molecular formula is C17H30N2O. The highest BCUT2D eigenvalue weighted by Gasteiger charge is 2.29. The van der Waals surface area contributed by atoms with E-state index in [4.69, 9.17) is 4.42 Å². The van der Waals surface area contributed by atoms with E-state index in [1.165, 1.54) is 19.4 Å². The first-order chi connectivity index (χ1) is 9.54. The van der Waals surface area contributed by atoms with Gasteiger partial charge in [-0.3, -0.25) is 4.90 Å². The van der Waals surface area contributed by atoms with Crippen LogP contribution in [0.25, 0.3) is 0 Å². The van der Waals surface area contributed by atoms with Crippen LogP contribution >= 0.6 is 0 Å². The van der Waals surface area contributed by atoms with Crippen molar-refractivity contribution in [2.75, 3.05) is 13.1 Å². The average molecular weight is 278 g/mol. The van der Waals surface area contributed by atoms with Gasteiger partial charge in [0, 0.05) is 12.6 Å². The summed E-state index contributed by atoms with van der Waals surface area (Å²) < 4.78 is 5.95. The van der Waals surface area contributed by atoms with E-state index in [1.807, 2.05) is 0 Å². The lowest BCUT2D eigenvalue weighted by Crippen LogP contribution is -2.29. The van der Waals surface area contributed by atoms with E-state index in [-0.39, 0.29) is 0 Å². The first-order valence-corrected chi connectivity index (χ1v) is 8.07. The van der Waals surface area contributed by atoms with E-state index in [9.17, 15) is 0 Å². The zero-order valence-electron chi connectivity index (χ0n) is 13.5. The van der Waals surface area contributed by atoms with Gasteiger partial charge < -0.3 is 9.73 Å². The first kappa shape index (κ1) is 15.6. The molecule has 1 saturated carbocycles. The monoisotopic (exact) mass is 278 g/mol. The fourth-order valence-corrected chi connectivity index (χ4v) is 2.54. The Bertz CT molecular complexity index is 393. The highest BCUT2D eigenvalue weighted by Crippen LogP contribution is 2.29. The lowest BCUT2D eigenvalue weighted by molar-refractivity contribution is 0.207. The van der Waals surface area contributed by atoms with Crippen LogP contribution in [0.4, 0.5) is 0 Å². The molecule has 114 valence electrons. The third-order valence-corrected chi connectivity index (χ3v) is 3.59. The van der Waals surface area contributed by atoms with Gasteiger partial charge in [0.05, 0.1) is 13.1 Å². The lowest BCUT2D eigenvalue weighted by Gasteiger charge is -2.22. The topological polar surface area (TPSA) is 28.4 Å². The van der Waals surface area contributed by atoms with Crippen molar-refractivity contribution in [2.24, 2.45) is 11.8 Å². The molecule has 0 spiro atoms. The Hall–Kier alpha value is -0.800. The van der Waals surface area contributed by atoms with Gasteiger partial charge in [-0.25, -0.2) is 0 Å². The number of hydrogen-bond donors (Lipinski definition) is 1. The molecule has 1 N–H and O–H groups in total. The summed E-state index contributed by atoms with van der Waals surface area (Å²) in [6.45, 7) is 13.0. The quantitative estimate of drug-likeness (QED) is 0.747. The van der Waals surface area contributed by atoms with Crippen LogP contribution < -0.4 is 5.32 Å². The van der Waals surface area contributed by atoms with Crippen molar-refractivity contribution >= 4 is 0 Å². The minimum absolute atomic E-state index is 0.681. The third kappa shape index (κ3) is 5.29. The lowest BCUT2D eigenvalue weighted by atomic mass is 10.2. The van der Waals surface area contributed by atoms with E-state index in [0.29, 0.717) is 5.92 Å². The average Bonchev–Trinajstić information content (AvgIpc) is 3.10. The van der Waals surface area contributed by atoms with Crippen molar-refractivity contribution in [2.45, 2.75) is 59.7 Å². The zero-order chi connectivity index (χ0) is 14.5. The molecule has 20 heavy (non-hydrogen) atoms. The molecule has 0 bridgehead atoms. The molecule has 0 aromatic carbocycles. The number of nitrogens with one attached hydrogen (secondary N) is 1. The molecule has 3 nitrogen and oxygen atoms in total. The van der Waals surface area contributed by atoms with Gasteiger partial charge in [-0.05, 0) is 43.4 Å². The summed E-state index contributed by atoms with van der Waals surface area (Å²) in [5.74, 6) is 3.57. The first-order valence-electron chi connectivity index (χ1n) is 8.07. The second-order valence-electron chi connectivity index (χ2n) is 6.95. The summed E-state index contributed by atoms with van der Waals surface area (Å²) in [7, 11) is 0. The summed E-state index contributed by atoms with van der Waals surface area (Å²) >= 11 is 0. The smallest absolute Gasteiger partial charge is 0.118 e. The molecule has 1 fully saturated rings. The van der Waals surface area contributed by atoms with E-state index >= 15 is 0 Å². The molecule has 0 saturated heterocycles. The predicted octanol–water partition coefficient (Wildman–Crippen LogP) is 3.65. The van der Waals surface area contributed by atoms with E-state index in [2.05, 4.69) is 50.0 Å². The van der Waals surface area contributed by atoms with Crippen molar-refractivity contribution < 1.29 is 4.42 Å². The van der Waals surface area contributed by atoms with Crippen molar-refractivity contribution in [1.29, 1.82) is 0 Å². The maximum absolute atomic E-state index is 5.95. The van der Waals surface area contributed by atoms with Gasteiger partial charge in [0.25, 0.3) is 0 Å². The standard InChI is InChI=1S/C17H30N2O/c1-13(2)9-18-10-16-7-8-17(20-16)12-19(11-14(3)4)15-5-6-15/h7-8,13-15,18H,5-6,9-12H2,1-4H3. The molecule has 0 amide bonds. The SMILES string of the molecule is CC(C)CNCc1ccc(CN(CC(C)C)C2CC2)o1. The molecule has 1 aromatic heterocycles. The van der Waals surface area contributed by atoms with Crippen LogP contribution in [0.2, 0.25) is 0 Å². The Morgan fingerprint density at radius 1 is 1.15 bits per heavy atom. The van der Waals surface area contributed by atoms with E-state index in [1.54, 1.807) is 0 Å². The Balaban J connectivity index is 1.81. The minimum atomic E-state index is 0.681. The summed E-state index contributed by atoms with van der Waals surface area (Å²) in [6.07, 6.45) is 2.71. The second-order valence-corrected chi connectivity index (χ2v) is 6.95. The van der Waals surface area contributed by atoms with Crippen molar-refractivity contribution in [3.05, 3.63) is 23.7 Å². The molecule has 0 atom stereocenters. The van der Waals surface area contributed by atoms with Gasteiger partial charge in [0.15, 0.2) is 0 Å². The third-order valence-electron chi connectivity index (χ3n) is 3.59. The Kier molecular flexibility index (Phi) is 5.67. The van der Waals surface area contributed by atoms with Crippen molar-refractivity contribution in [3.63, 3.8) is 0 Å². The van der Waals surface area contributed by atoms with Gasteiger partial charge in [0.1, 0.15) is 11.5 Å². The number of furan rings is 1. The molecular weight excluding hydrogens is 248 g/mol. The molecule has 0 unspecified atom stereocenters. The molecule has 1 aliphatic rings. The van der Waals surface area contributed by atoms with Gasteiger partial charge in [-0.2, -0.15) is 0 Å². The maximum atomic E-state index is 5.95. The van der Waals surface area contributed by atoms with Crippen LogP contribution in [-0.4, -0.2) is 24.0 Å². The van der Waals surface area contributed by atoms with Crippen molar-refractivity contribution in [1.82, 2.24) is 10.2 Å². The zero-order valence-corrected chi connectivity index (χ0v) is 13.5. The Morgan fingerprint density at radius 3 is 2.45 bits per heavy atom. The fraction of sp³-hybridized carbons (Fsp3) is 0.765. The van der Waals surface area contributed by atoms with Crippen LogP contribution in [0.15, 0.2) is 16.5 Å². The second kappa shape index (κ2) is 7.28. The molecule has 3 heteroatoms. The highest BCUT2D eigenvalue weighted by atomic mass is 16.3. The van der Waals surface area contributed by atoms with Crippen molar-refractivity contribution in [3.8, 4) is 0 Å². The van der Waals surface area contributed by atoms with Crippen LogP contribution in [0.1, 0.15) is 52.1 Å². The minimum Gasteiger partial charge on any atom is -0.463 e. The van der Waals surface area contributed by atoms with Crippen LogP contribution in [0, 0.1) is 11.8 Å². The van der Waals surface area contributed by atoms with Gasteiger partial charge >= 0.3 is 0 Å². The summed E-state index contributed by atoms with van der Waals surface area (Å²) in [6, 6.07) is 5.05. The molecule has 1 aliphatic carbocycles. The van der Waals surface area contributed by atoms with E-state index in [0.717, 1.165) is 43.1 Å². The van der Waals surface area contributed by atoms with Crippen LogP contribution in [0.5, 0.6) is 0 Å². The Morgan fingerprint density at radius 2 is 1.85 bits per heavy atom. The highest BCUT2D eigenvalue weighted by molar-refractivity contribution is 5.07. The number of hydrogen-bond acceptors (Lipinski definition) is 3. The largest absolute Gasteiger partial charge is 0.463 e. The maximum Gasteiger partial charge on any atom is 0.118 e. The Labute approximate surface area is 123 Å². The van der Waals surface area contributed by atoms with Crippen LogP contribution in [0.3, 0.4) is 0 Å². The molecule has 0 aliphatic heterocycles. The van der Waals surface area contributed by atoms with Gasteiger partial charge in [-0.1, -0.05) is 27.7 Å². The summed E-state index contributed by atoms with van der Waals surface area (Å²) in [5, 5.41) is 3.43. The normalized spacial score (nSPS) is 15.8. The molecule has 1 heterocycles. The molecule has 0 radical (unpaired) electrons. The van der Waals surface area contributed by atoms with Crippen LogP contribution in [-0.2, 0) is 13.1 Å². The van der Waals surface area contributed by atoms with Gasteiger partial charge in [-0.15, -0.1) is 0 Å². The molecule has 2 rings (SSSR count). The number of nitrogens with zero attached hydrogens (tertiary/aromatic N) is 1. The summed E-state index contributed by atoms with van der Waals surface area (Å²) in [4.78, 5) is 2.58. The fourth-order valence-electron chi connectivity index (χ4n) is 2.54. The van der Waals surface area contributed by atoms with Gasteiger partial charge in [0.2, 0.25) is 0 Å². The van der Waals surface area contributed by atoms with E-state index < -0.39 is 0 Å². The number of rotatable bonds is 9. The molecule has 1 aromatic rings. The predicted molar refractivity (Wildman–Crippen MR) is 83.5 cm³/mol. The summed E-state index contributed by atoms with van der Waals surface area (Å²) in [5.41, 5.74) is 0.